The van der Waals surface area contributed by atoms with Gasteiger partial charge in [0.1, 0.15) is 11.5 Å². The lowest BCUT2D eigenvalue weighted by Crippen LogP contribution is -2.40. The first kappa shape index (κ1) is 18.0. The molecule has 1 aliphatic carbocycles. The van der Waals surface area contributed by atoms with Crippen LogP contribution in [0.5, 0.6) is 0 Å². The molecule has 0 bridgehead atoms. The summed E-state index contributed by atoms with van der Waals surface area (Å²) in [7, 11) is -2.10. The van der Waals surface area contributed by atoms with Gasteiger partial charge in [-0.15, -0.1) is 0 Å². The van der Waals surface area contributed by atoms with E-state index in [2.05, 4.69) is 9.82 Å². The summed E-state index contributed by atoms with van der Waals surface area (Å²) in [5.41, 5.74) is 1.61. The lowest BCUT2D eigenvalue weighted by molar-refractivity contribution is 0.444. The second-order valence-electron chi connectivity index (χ2n) is 6.04. The summed E-state index contributed by atoms with van der Waals surface area (Å²) in [5, 5.41) is 4.21. The van der Waals surface area contributed by atoms with Gasteiger partial charge in [-0.05, 0) is 31.4 Å². The molecular formula is C16H20F2N4O2S. The van der Waals surface area contributed by atoms with Crippen molar-refractivity contribution in [3.05, 3.63) is 47.3 Å². The molecule has 3 rings (SSSR count). The van der Waals surface area contributed by atoms with Gasteiger partial charge in [0.25, 0.3) is 10.2 Å². The zero-order valence-electron chi connectivity index (χ0n) is 14.0. The second-order valence-corrected chi connectivity index (χ2v) is 7.85. The maximum atomic E-state index is 14.1. The van der Waals surface area contributed by atoms with Crippen LogP contribution in [0.25, 0.3) is 5.69 Å². The summed E-state index contributed by atoms with van der Waals surface area (Å²) in [6.07, 6.45) is 3.58. The highest BCUT2D eigenvalue weighted by Gasteiger charge is 2.29. The molecule has 0 saturated heterocycles. The lowest BCUT2D eigenvalue weighted by Gasteiger charge is -2.26. The van der Waals surface area contributed by atoms with E-state index in [1.165, 1.54) is 28.2 Å². The molecule has 0 radical (unpaired) electrons. The van der Waals surface area contributed by atoms with Gasteiger partial charge in [-0.25, -0.2) is 13.5 Å². The minimum atomic E-state index is -3.60. The van der Waals surface area contributed by atoms with Crippen LogP contribution in [-0.2, 0) is 16.6 Å². The largest absolute Gasteiger partial charge is 0.279 e. The molecule has 1 unspecified atom stereocenters. The topological polar surface area (TPSA) is 67.2 Å². The molecule has 0 saturated carbocycles. The summed E-state index contributed by atoms with van der Waals surface area (Å²) < 4.78 is 57.1. The number of fused-ring (bicyclic) bond motifs is 1. The SMILES string of the molecule is CCN(C)S(=O)(=O)NC1CCCc2c1cnn2-c1ccc(F)cc1F. The van der Waals surface area contributed by atoms with E-state index in [-0.39, 0.29) is 5.69 Å². The smallest absolute Gasteiger partial charge is 0.234 e. The van der Waals surface area contributed by atoms with Crippen LogP contribution >= 0.6 is 0 Å². The maximum Gasteiger partial charge on any atom is 0.279 e. The fourth-order valence-corrected chi connectivity index (χ4v) is 4.10. The molecule has 0 fully saturated rings. The molecule has 136 valence electrons. The highest BCUT2D eigenvalue weighted by Crippen LogP contribution is 2.32. The van der Waals surface area contributed by atoms with E-state index >= 15 is 0 Å². The van der Waals surface area contributed by atoms with Crippen LogP contribution in [0, 0.1) is 11.6 Å². The number of halogens is 2. The summed E-state index contributed by atoms with van der Waals surface area (Å²) in [4.78, 5) is 0. The Hall–Kier alpha value is -1.84. The van der Waals surface area contributed by atoms with Crippen LogP contribution in [0.15, 0.2) is 24.4 Å². The summed E-state index contributed by atoms with van der Waals surface area (Å²) >= 11 is 0. The standard InChI is InChI=1S/C16H20F2N4O2S/c1-3-21(2)25(23,24)20-14-5-4-6-15-12(14)10-19-22(15)16-8-7-11(17)9-13(16)18/h7-10,14,20H,3-6H2,1-2H3. The zero-order valence-corrected chi connectivity index (χ0v) is 14.9. The summed E-state index contributed by atoms with van der Waals surface area (Å²) in [5.74, 6) is -1.37. The molecule has 6 nitrogen and oxygen atoms in total. The zero-order chi connectivity index (χ0) is 18.2. The molecule has 1 heterocycles. The van der Waals surface area contributed by atoms with E-state index in [4.69, 9.17) is 0 Å². The van der Waals surface area contributed by atoms with Crippen molar-refractivity contribution < 1.29 is 17.2 Å². The number of rotatable bonds is 5. The van der Waals surface area contributed by atoms with Crippen LogP contribution in [0.1, 0.15) is 37.1 Å². The molecule has 25 heavy (non-hydrogen) atoms. The van der Waals surface area contributed by atoms with Gasteiger partial charge in [-0.3, -0.25) is 0 Å². The molecule has 1 aromatic carbocycles. The van der Waals surface area contributed by atoms with Gasteiger partial charge in [0.05, 0.1) is 12.2 Å². The third kappa shape index (κ3) is 3.44. The monoisotopic (exact) mass is 370 g/mol. The van der Waals surface area contributed by atoms with Crippen molar-refractivity contribution in [2.75, 3.05) is 13.6 Å². The van der Waals surface area contributed by atoms with Crippen molar-refractivity contribution in [2.45, 2.75) is 32.2 Å². The number of nitrogens with one attached hydrogen (secondary N) is 1. The molecule has 1 atom stereocenters. The molecule has 2 aromatic rings. The van der Waals surface area contributed by atoms with E-state index in [0.717, 1.165) is 23.7 Å². The average molecular weight is 370 g/mol. The van der Waals surface area contributed by atoms with Gasteiger partial charge < -0.3 is 0 Å². The molecule has 1 aliphatic rings. The molecule has 0 amide bonds. The molecular weight excluding hydrogens is 350 g/mol. The van der Waals surface area contributed by atoms with Gasteiger partial charge in [-0.2, -0.15) is 22.5 Å². The quantitative estimate of drug-likeness (QED) is 0.878. The Labute approximate surface area is 145 Å². The number of benzene rings is 1. The number of nitrogens with zero attached hydrogens (tertiary/aromatic N) is 3. The highest BCUT2D eigenvalue weighted by atomic mass is 32.2. The van der Waals surface area contributed by atoms with Gasteiger partial charge in [-0.1, -0.05) is 6.92 Å². The molecule has 1 aromatic heterocycles. The van der Waals surface area contributed by atoms with E-state index in [9.17, 15) is 17.2 Å². The average Bonchev–Trinajstić information content (AvgIpc) is 2.99. The summed E-state index contributed by atoms with van der Waals surface area (Å²) in [6, 6.07) is 2.89. The Kier molecular flexibility index (Phi) is 4.90. The Morgan fingerprint density at radius 3 is 2.84 bits per heavy atom. The van der Waals surface area contributed by atoms with Gasteiger partial charge in [0.15, 0.2) is 5.82 Å². The Morgan fingerprint density at radius 2 is 2.16 bits per heavy atom. The van der Waals surface area contributed by atoms with Gasteiger partial charge >= 0.3 is 0 Å². The Bertz CT molecular complexity index is 882. The first-order valence-corrected chi connectivity index (χ1v) is 9.53. The van der Waals surface area contributed by atoms with Crippen molar-refractivity contribution in [1.29, 1.82) is 0 Å². The maximum absolute atomic E-state index is 14.1. The third-order valence-corrected chi connectivity index (χ3v) is 6.13. The first-order valence-electron chi connectivity index (χ1n) is 8.09. The van der Waals surface area contributed by atoms with Crippen molar-refractivity contribution in [1.82, 2.24) is 18.8 Å². The van der Waals surface area contributed by atoms with Crippen molar-refractivity contribution in [3.63, 3.8) is 0 Å². The van der Waals surface area contributed by atoms with E-state index in [0.29, 0.717) is 19.4 Å². The van der Waals surface area contributed by atoms with Crippen LogP contribution in [0.4, 0.5) is 8.78 Å². The van der Waals surface area contributed by atoms with E-state index in [1.54, 1.807) is 13.1 Å². The van der Waals surface area contributed by atoms with Crippen LogP contribution in [0.2, 0.25) is 0 Å². The van der Waals surface area contributed by atoms with E-state index in [1.807, 2.05) is 0 Å². The predicted molar refractivity (Wildman–Crippen MR) is 89.5 cm³/mol. The van der Waals surface area contributed by atoms with Gasteiger partial charge in [0, 0.05) is 30.9 Å². The second kappa shape index (κ2) is 6.81. The molecule has 9 heteroatoms. The molecule has 0 spiro atoms. The normalized spacial score (nSPS) is 17.7. The number of hydrogen-bond donors (Lipinski definition) is 1. The minimum absolute atomic E-state index is 0.150. The molecule has 1 N–H and O–H groups in total. The molecule has 0 aliphatic heterocycles. The Morgan fingerprint density at radius 1 is 1.40 bits per heavy atom. The van der Waals surface area contributed by atoms with Crippen LogP contribution < -0.4 is 4.72 Å². The highest BCUT2D eigenvalue weighted by molar-refractivity contribution is 7.87. The predicted octanol–water partition coefficient (Wildman–Crippen LogP) is 2.31. The van der Waals surface area contributed by atoms with Crippen molar-refractivity contribution in [2.24, 2.45) is 0 Å². The fraction of sp³-hybridized carbons (Fsp3) is 0.438. The van der Waals surface area contributed by atoms with Crippen LogP contribution in [0.3, 0.4) is 0 Å². The minimum Gasteiger partial charge on any atom is -0.234 e. The fourth-order valence-electron chi connectivity index (χ4n) is 2.98. The lowest BCUT2D eigenvalue weighted by atomic mass is 9.94. The summed E-state index contributed by atoms with van der Waals surface area (Å²) in [6.45, 7) is 2.11. The van der Waals surface area contributed by atoms with Gasteiger partial charge in [0.2, 0.25) is 0 Å². The number of aromatic nitrogens is 2. The van der Waals surface area contributed by atoms with Crippen molar-refractivity contribution in [3.8, 4) is 5.69 Å². The number of hydrogen-bond acceptors (Lipinski definition) is 3. The van der Waals surface area contributed by atoms with Crippen LogP contribution in [-0.4, -0.2) is 36.1 Å². The first-order chi connectivity index (χ1) is 11.8. The third-order valence-electron chi connectivity index (χ3n) is 4.47. The van der Waals surface area contributed by atoms with E-state index < -0.39 is 27.9 Å². The van der Waals surface area contributed by atoms with Crippen molar-refractivity contribution >= 4 is 10.2 Å². The Balaban J connectivity index is 1.95.